The number of Topliss-reactive ketones (excluding diaryl/α,β-unsaturated/α-hetero) is 1. The first-order valence-corrected chi connectivity index (χ1v) is 8.65. The number of benzene rings is 2. The van der Waals surface area contributed by atoms with Crippen molar-refractivity contribution >= 4 is 34.9 Å². The van der Waals surface area contributed by atoms with E-state index in [0.29, 0.717) is 16.3 Å². The molecule has 2 aromatic rings. The van der Waals surface area contributed by atoms with Crippen molar-refractivity contribution in [2.24, 2.45) is 5.92 Å². The van der Waals surface area contributed by atoms with E-state index in [-0.39, 0.29) is 31.3 Å². The van der Waals surface area contributed by atoms with E-state index in [2.05, 4.69) is 0 Å². The molecule has 0 aliphatic carbocycles. The Bertz CT molecular complexity index is 850. The highest BCUT2D eigenvalue weighted by Crippen LogP contribution is 2.29. The van der Waals surface area contributed by atoms with E-state index in [4.69, 9.17) is 16.3 Å². The molecule has 1 heterocycles. The zero-order valence-corrected chi connectivity index (χ0v) is 15.0. The number of amides is 1. The van der Waals surface area contributed by atoms with E-state index in [1.807, 2.05) is 13.0 Å². The lowest BCUT2D eigenvalue weighted by Crippen LogP contribution is -2.27. The minimum absolute atomic E-state index is 0.0594. The number of carbonyl (C=O) groups excluding carboxylic acids is 3. The summed E-state index contributed by atoms with van der Waals surface area (Å²) in [6.45, 7) is 1.77. The Morgan fingerprint density at radius 1 is 1.19 bits per heavy atom. The normalized spacial score (nSPS) is 16.6. The second-order valence-corrected chi connectivity index (χ2v) is 6.64. The van der Waals surface area contributed by atoms with Crippen LogP contribution < -0.4 is 4.90 Å². The summed E-state index contributed by atoms with van der Waals surface area (Å²) in [7, 11) is 0. The predicted molar refractivity (Wildman–Crippen MR) is 98.4 cm³/mol. The van der Waals surface area contributed by atoms with Crippen LogP contribution in [0, 0.1) is 12.8 Å². The standard InChI is InChI=1S/C20H18ClNO4/c1-13-7-8-16(10-17(13)21)22-11-15(9-19(22)24)20(25)26-12-18(23)14-5-3-2-4-6-14/h2-8,10,15H,9,11-12H2,1H3/t15-/m0/s1. The molecular formula is C20H18ClNO4. The molecule has 0 aromatic heterocycles. The van der Waals surface area contributed by atoms with Gasteiger partial charge in [-0.15, -0.1) is 0 Å². The number of hydrogen-bond donors (Lipinski definition) is 0. The molecule has 1 aliphatic heterocycles. The van der Waals surface area contributed by atoms with Crippen molar-refractivity contribution in [3.8, 4) is 0 Å². The first-order chi connectivity index (χ1) is 12.5. The summed E-state index contributed by atoms with van der Waals surface area (Å²) >= 11 is 6.11. The summed E-state index contributed by atoms with van der Waals surface area (Å²) in [6.07, 6.45) is 0.0594. The third-order valence-corrected chi connectivity index (χ3v) is 4.77. The van der Waals surface area contributed by atoms with Crippen molar-refractivity contribution < 1.29 is 19.1 Å². The molecule has 0 saturated carbocycles. The molecule has 0 radical (unpaired) electrons. The van der Waals surface area contributed by atoms with Crippen molar-refractivity contribution in [3.63, 3.8) is 0 Å². The van der Waals surface area contributed by atoms with Gasteiger partial charge in [-0.2, -0.15) is 0 Å². The van der Waals surface area contributed by atoms with Crippen LogP contribution in [0.15, 0.2) is 48.5 Å². The Kier molecular flexibility index (Phi) is 5.38. The maximum absolute atomic E-state index is 12.3. The van der Waals surface area contributed by atoms with E-state index in [9.17, 15) is 14.4 Å². The Hall–Kier alpha value is -2.66. The molecule has 1 aliphatic rings. The average Bonchev–Trinajstić information content (AvgIpc) is 3.04. The lowest BCUT2D eigenvalue weighted by molar-refractivity contribution is -0.147. The third kappa shape index (κ3) is 3.94. The number of ketones is 1. The monoisotopic (exact) mass is 371 g/mol. The Morgan fingerprint density at radius 3 is 2.62 bits per heavy atom. The van der Waals surface area contributed by atoms with Gasteiger partial charge in [0.1, 0.15) is 0 Å². The fraction of sp³-hybridized carbons (Fsp3) is 0.250. The lowest BCUT2D eigenvalue weighted by Gasteiger charge is -2.17. The van der Waals surface area contributed by atoms with Gasteiger partial charge < -0.3 is 9.64 Å². The molecule has 0 N–H and O–H groups in total. The highest BCUT2D eigenvalue weighted by atomic mass is 35.5. The molecule has 3 rings (SSSR count). The molecule has 1 fully saturated rings. The predicted octanol–water partition coefficient (Wildman–Crippen LogP) is 3.43. The van der Waals surface area contributed by atoms with Crippen LogP contribution in [-0.4, -0.2) is 30.8 Å². The summed E-state index contributed by atoms with van der Waals surface area (Å²) in [5.74, 6) is -1.57. The van der Waals surface area contributed by atoms with Crippen molar-refractivity contribution in [3.05, 3.63) is 64.7 Å². The van der Waals surface area contributed by atoms with E-state index >= 15 is 0 Å². The van der Waals surface area contributed by atoms with Gasteiger partial charge in [-0.3, -0.25) is 14.4 Å². The first-order valence-electron chi connectivity index (χ1n) is 8.27. The summed E-state index contributed by atoms with van der Waals surface area (Å²) in [5, 5.41) is 0.565. The molecule has 2 aromatic carbocycles. The SMILES string of the molecule is Cc1ccc(N2C[C@@H](C(=O)OCC(=O)c3ccccc3)CC2=O)cc1Cl. The van der Waals surface area contributed by atoms with E-state index in [1.54, 1.807) is 42.5 Å². The number of aryl methyl sites for hydroxylation is 1. The Morgan fingerprint density at radius 2 is 1.92 bits per heavy atom. The minimum atomic E-state index is -0.592. The van der Waals surface area contributed by atoms with E-state index < -0.39 is 11.9 Å². The number of nitrogens with zero attached hydrogens (tertiary/aromatic N) is 1. The molecular weight excluding hydrogens is 354 g/mol. The van der Waals surface area contributed by atoms with Crippen molar-refractivity contribution in [1.82, 2.24) is 0 Å². The molecule has 26 heavy (non-hydrogen) atoms. The lowest BCUT2D eigenvalue weighted by atomic mass is 10.1. The highest BCUT2D eigenvalue weighted by Gasteiger charge is 2.36. The quantitative estimate of drug-likeness (QED) is 0.596. The topological polar surface area (TPSA) is 63.7 Å². The van der Waals surface area contributed by atoms with Crippen LogP contribution in [0.3, 0.4) is 0 Å². The van der Waals surface area contributed by atoms with Gasteiger partial charge in [0.15, 0.2) is 12.4 Å². The molecule has 0 bridgehead atoms. The van der Waals surface area contributed by atoms with Crippen LogP contribution in [0.2, 0.25) is 5.02 Å². The minimum Gasteiger partial charge on any atom is -0.457 e. The summed E-state index contributed by atoms with van der Waals surface area (Å²) in [4.78, 5) is 38.0. The van der Waals surface area contributed by atoms with Gasteiger partial charge in [0.25, 0.3) is 0 Å². The number of rotatable bonds is 5. The molecule has 1 amide bonds. The Labute approximate surface area is 156 Å². The van der Waals surface area contributed by atoms with Gasteiger partial charge in [0.2, 0.25) is 5.91 Å². The van der Waals surface area contributed by atoms with Crippen LogP contribution in [-0.2, 0) is 14.3 Å². The van der Waals surface area contributed by atoms with Crippen LogP contribution in [0.1, 0.15) is 22.3 Å². The van der Waals surface area contributed by atoms with Gasteiger partial charge in [0.05, 0.1) is 5.92 Å². The largest absolute Gasteiger partial charge is 0.457 e. The van der Waals surface area contributed by atoms with Gasteiger partial charge in [-0.1, -0.05) is 48.0 Å². The summed E-state index contributed by atoms with van der Waals surface area (Å²) in [6, 6.07) is 14.0. The second-order valence-electron chi connectivity index (χ2n) is 6.24. The number of carbonyl (C=O) groups is 3. The number of hydrogen-bond acceptors (Lipinski definition) is 4. The van der Waals surface area contributed by atoms with E-state index in [0.717, 1.165) is 5.56 Å². The average molecular weight is 372 g/mol. The summed E-state index contributed by atoms with van der Waals surface area (Å²) in [5.41, 5.74) is 2.05. The van der Waals surface area contributed by atoms with Crippen molar-refractivity contribution in [2.75, 3.05) is 18.1 Å². The third-order valence-electron chi connectivity index (χ3n) is 4.37. The van der Waals surface area contributed by atoms with Gasteiger partial charge >= 0.3 is 5.97 Å². The van der Waals surface area contributed by atoms with Crippen molar-refractivity contribution in [2.45, 2.75) is 13.3 Å². The number of anilines is 1. The molecule has 6 heteroatoms. The molecule has 0 unspecified atom stereocenters. The zero-order chi connectivity index (χ0) is 18.7. The number of ether oxygens (including phenoxy) is 1. The van der Waals surface area contributed by atoms with E-state index in [1.165, 1.54) is 4.90 Å². The van der Waals surface area contributed by atoms with Crippen LogP contribution >= 0.6 is 11.6 Å². The van der Waals surface area contributed by atoms with Gasteiger partial charge in [0, 0.05) is 29.2 Å². The molecule has 5 nitrogen and oxygen atoms in total. The summed E-state index contributed by atoms with van der Waals surface area (Å²) < 4.78 is 5.12. The molecule has 1 saturated heterocycles. The van der Waals surface area contributed by atoms with Crippen molar-refractivity contribution in [1.29, 1.82) is 0 Å². The zero-order valence-electron chi connectivity index (χ0n) is 14.3. The fourth-order valence-corrected chi connectivity index (χ4v) is 3.00. The first kappa shape index (κ1) is 18.1. The fourth-order valence-electron chi connectivity index (χ4n) is 2.83. The maximum atomic E-state index is 12.3. The Balaban J connectivity index is 1.60. The molecule has 0 spiro atoms. The molecule has 134 valence electrons. The highest BCUT2D eigenvalue weighted by molar-refractivity contribution is 6.31. The second kappa shape index (κ2) is 7.70. The number of esters is 1. The maximum Gasteiger partial charge on any atom is 0.311 e. The van der Waals surface area contributed by atoms with Crippen LogP contribution in [0.25, 0.3) is 0 Å². The van der Waals surface area contributed by atoms with Gasteiger partial charge in [-0.05, 0) is 24.6 Å². The molecule has 1 atom stereocenters. The number of halogens is 1. The smallest absolute Gasteiger partial charge is 0.311 e. The van der Waals surface area contributed by atoms with Gasteiger partial charge in [-0.25, -0.2) is 0 Å². The van der Waals surface area contributed by atoms with Crippen LogP contribution in [0.5, 0.6) is 0 Å². The van der Waals surface area contributed by atoms with Crippen LogP contribution in [0.4, 0.5) is 5.69 Å².